The lowest BCUT2D eigenvalue weighted by atomic mass is 10.2. The van der Waals surface area contributed by atoms with Crippen LogP contribution in [0.25, 0.3) is 0 Å². The fraction of sp³-hybridized carbons (Fsp3) is 0.364. The second-order valence-corrected chi connectivity index (χ2v) is 4.57. The summed E-state index contributed by atoms with van der Waals surface area (Å²) in [7, 11) is 1.82. The minimum absolute atomic E-state index is 0.327. The van der Waals surface area contributed by atoms with E-state index in [9.17, 15) is 4.79 Å². The fourth-order valence-electron chi connectivity index (χ4n) is 1.27. The topological polar surface area (TPSA) is 46.3 Å². The SMILES string of the molecule is CC(C(N)=O)N(C)Cc1ccc(Cl)cc1Cl. The first-order valence-electron chi connectivity index (χ1n) is 4.85. The van der Waals surface area contributed by atoms with E-state index in [0.29, 0.717) is 16.6 Å². The molecule has 0 bridgehead atoms. The molecular formula is C11H14Cl2N2O. The van der Waals surface area contributed by atoms with E-state index in [-0.39, 0.29) is 11.9 Å². The molecule has 0 fully saturated rings. The fourth-order valence-corrected chi connectivity index (χ4v) is 1.74. The first-order valence-corrected chi connectivity index (χ1v) is 5.61. The molecule has 0 aliphatic carbocycles. The van der Waals surface area contributed by atoms with Crippen LogP contribution in [0.2, 0.25) is 10.0 Å². The molecule has 2 N–H and O–H groups in total. The van der Waals surface area contributed by atoms with Crippen LogP contribution < -0.4 is 5.73 Å². The van der Waals surface area contributed by atoms with Gasteiger partial charge < -0.3 is 5.73 Å². The van der Waals surface area contributed by atoms with Crippen molar-refractivity contribution in [3.8, 4) is 0 Å². The molecule has 1 rings (SSSR count). The summed E-state index contributed by atoms with van der Waals surface area (Å²) in [5.74, 6) is -0.354. The van der Waals surface area contributed by atoms with E-state index in [1.54, 1.807) is 19.1 Å². The van der Waals surface area contributed by atoms with E-state index in [0.717, 1.165) is 5.56 Å². The average Bonchev–Trinajstić information content (AvgIpc) is 2.20. The van der Waals surface area contributed by atoms with E-state index < -0.39 is 0 Å². The van der Waals surface area contributed by atoms with Gasteiger partial charge in [-0.15, -0.1) is 0 Å². The molecule has 5 heteroatoms. The van der Waals surface area contributed by atoms with Crippen LogP contribution in [0.15, 0.2) is 18.2 Å². The van der Waals surface area contributed by atoms with Gasteiger partial charge in [0.15, 0.2) is 0 Å². The number of carbonyl (C=O) groups is 1. The Labute approximate surface area is 105 Å². The highest BCUT2D eigenvalue weighted by molar-refractivity contribution is 6.35. The number of hydrogen-bond donors (Lipinski definition) is 1. The molecule has 0 spiro atoms. The molecule has 0 heterocycles. The summed E-state index contributed by atoms with van der Waals surface area (Å²) in [6, 6.07) is 4.97. The highest BCUT2D eigenvalue weighted by Gasteiger charge is 2.15. The molecule has 0 aliphatic heterocycles. The van der Waals surface area contributed by atoms with Gasteiger partial charge in [-0.1, -0.05) is 29.3 Å². The number of benzene rings is 1. The second-order valence-electron chi connectivity index (χ2n) is 3.73. The molecule has 1 unspecified atom stereocenters. The molecule has 1 aromatic rings. The number of nitrogens with two attached hydrogens (primary N) is 1. The van der Waals surface area contributed by atoms with Gasteiger partial charge in [-0.3, -0.25) is 9.69 Å². The van der Waals surface area contributed by atoms with Crippen molar-refractivity contribution in [2.45, 2.75) is 19.5 Å². The van der Waals surface area contributed by atoms with E-state index in [1.807, 2.05) is 18.0 Å². The van der Waals surface area contributed by atoms with Crippen molar-refractivity contribution < 1.29 is 4.79 Å². The van der Waals surface area contributed by atoms with Gasteiger partial charge >= 0.3 is 0 Å². The van der Waals surface area contributed by atoms with Crippen LogP contribution in [0.5, 0.6) is 0 Å². The smallest absolute Gasteiger partial charge is 0.234 e. The monoisotopic (exact) mass is 260 g/mol. The molecule has 16 heavy (non-hydrogen) atoms. The largest absolute Gasteiger partial charge is 0.368 e. The molecule has 0 saturated heterocycles. The molecular weight excluding hydrogens is 247 g/mol. The summed E-state index contributed by atoms with van der Waals surface area (Å²) in [5.41, 5.74) is 6.14. The summed E-state index contributed by atoms with van der Waals surface area (Å²) >= 11 is 11.8. The Morgan fingerprint density at radius 1 is 1.50 bits per heavy atom. The van der Waals surface area contributed by atoms with E-state index in [4.69, 9.17) is 28.9 Å². The average molecular weight is 261 g/mol. The molecule has 0 aromatic heterocycles. The zero-order valence-electron chi connectivity index (χ0n) is 9.21. The standard InChI is InChI=1S/C11H14Cl2N2O/c1-7(11(14)16)15(2)6-8-3-4-9(12)5-10(8)13/h3-5,7H,6H2,1-2H3,(H2,14,16). The molecule has 0 radical (unpaired) electrons. The predicted octanol–water partition coefficient (Wildman–Crippen LogP) is 2.30. The lowest BCUT2D eigenvalue weighted by Crippen LogP contribution is -2.39. The maximum Gasteiger partial charge on any atom is 0.234 e. The molecule has 1 amide bonds. The first-order chi connectivity index (χ1) is 7.41. The van der Waals surface area contributed by atoms with Gasteiger partial charge in [-0.25, -0.2) is 0 Å². The lowest BCUT2D eigenvalue weighted by molar-refractivity contribution is -0.122. The van der Waals surface area contributed by atoms with E-state index in [1.165, 1.54) is 0 Å². The van der Waals surface area contributed by atoms with Gasteiger partial charge in [-0.05, 0) is 31.7 Å². The number of primary amides is 1. The summed E-state index contributed by atoms with van der Waals surface area (Å²) in [6.45, 7) is 2.31. The van der Waals surface area contributed by atoms with E-state index >= 15 is 0 Å². The molecule has 1 aromatic carbocycles. The van der Waals surface area contributed by atoms with Gasteiger partial charge in [-0.2, -0.15) is 0 Å². The van der Waals surface area contributed by atoms with Gasteiger partial charge in [0.2, 0.25) is 5.91 Å². The highest BCUT2D eigenvalue weighted by atomic mass is 35.5. The predicted molar refractivity (Wildman–Crippen MR) is 66.6 cm³/mol. The third-order valence-corrected chi connectivity index (χ3v) is 3.09. The quantitative estimate of drug-likeness (QED) is 0.903. The molecule has 1 atom stereocenters. The minimum atomic E-state index is -0.354. The van der Waals surface area contributed by atoms with Gasteiger partial charge in [0.25, 0.3) is 0 Å². The lowest BCUT2D eigenvalue weighted by Gasteiger charge is -2.22. The van der Waals surface area contributed by atoms with Crippen molar-refractivity contribution in [1.29, 1.82) is 0 Å². The van der Waals surface area contributed by atoms with Gasteiger partial charge in [0, 0.05) is 16.6 Å². The number of halogens is 2. The number of nitrogens with zero attached hydrogens (tertiary/aromatic N) is 1. The van der Waals surface area contributed by atoms with Crippen LogP contribution in [-0.4, -0.2) is 23.9 Å². The minimum Gasteiger partial charge on any atom is -0.368 e. The van der Waals surface area contributed by atoms with Crippen molar-refractivity contribution in [3.63, 3.8) is 0 Å². The van der Waals surface area contributed by atoms with E-state index in [2.05, 4.69) is 0 Å². The molecule has 0 aliphatic rings. The van der Waals surface area contributed by atoms with Crippen molar-refractivity contribution in [1.82, 2.24) is 4.90 Å². The number of hydrogen-bond acceptors (Lipinski definition) is 2. The third kappa shape index (κ3) is 3.37. The summed E-state index contributed by atoms with van der Waals surface area (Å²) in [5, 5.41) is 1.19. The molecule has 0 saturated carbocycles. The van der Waals surface area contributed by atoms with Crippen molar-refractivity contribution in [2.75, 3.05) is 7.05 Å². The Bertz CT molecular complexity index is 396. The summed E-state index contributed by atoms with van der Waals surface area (Å²) in [4.78, 5) is 12.8. The summed E-state index contributed by atoms with van der Waals surface area (Å²) < 4.78 is 0. The number of amides is 1. The Kier molecular flexibility index (Phi) is 4.59. The van der Waals surface area contributed by atoms with Crippen LogP contribution in [0.4, 0.5) is 0 Å². The number of likely N-dealkylation sites (N-methyl/N-ethyl adjacent to an activating group) is 1. The number of rotatable bonds is 4. The van der Waals surface area contributed by atoms with Crippen molar-refractivity contribution >= 4 is 29.1 Å². The molecule has 88 valence electrons. The van der Waals surface area contributed by atoms with Gasteiger partial charge in [0.05, 0.1) is 6.04 Å². The van der Waals surface area contributed by atoms with Crippen LogP contribution in [0.1, 0.15) is 12.5 Å². The Morgan fingerprint density at radius 2 is 2.12 bits per heavy atom. The van der Waals surface area contributed by atoms with Crippen molar-refractivity contribution in [3.05, 3.63) is 33.8 Å². The molecule has 3 nitrogen and oxygen atoms in total. The van der Waals surface area contributed by atoms with Crippen LogP contribution in [-0.2, 0) is 11.3 Å². The zero-order chi connectivity index (χ0) is 12.3. The van der Waals surface area contributed by atoms with Crippen LogP contribution in [0.3, 0.4) is 0 Å². The first kappa shape index (κ1) is 13.3. The second kappa shape index (κ2) is 5.53. The Hall–Kier alpha value is -0.770. The highest BCUT2D eigenvalue weighted by Crippen LogP contribution is 2.22. The third-order valence-electron chi connectivity index (χ3n) is 2.51. The van der Waals surface area contributed by atoms with Crippen molar-refractivity contribution in [2.24, 2.45) is 5.73 Å². The maximum absolute atomic E-state index is 11.0. The van der Waals surface area contributed by atoms with Gasteiger partial charge in [0.1, 0.15) is 0 Å². The number of carbonyl (C=O) groups excluding carboxylic acids is 1. The Morgan fingerprint density at radius 3 is 2.62 bits per heavy atom. The Balaban J connectivity index is 2.77. The maximum atomic E-state index is 11.0. The van der Waals surface area contributed by atoms with Crippen LogP contribution in [0, 0.1) is 0 Å². The van der Waals surface area contributed by atoms with Crippen LogP contribution >= 0.6 is 23.2 Å². The zero-order valence-corrected chi connectivity index (χ0v) is 10.7. The summed E-state index contributed by atoms with van der Waals surface area (Å²) in [6.07, 6.45) is 0. The normalized spacial score (nSPS) is 12.8.